The summed E-state index contributed by atoms with van der Waals surface area (Å²) in [5, 5.41) is 2.04. The molecule has 1 N–H and O–H groups in total. The van der Waals surface area contributed by atoms with Gasteiger partial charge in [0.2, 0.25) is 0 Å². The number of methoxy groups -OCH3 is 1. The maximum atomic E-state index is 13.8. The Hall–Kier alpha value is -2.14. The summed E-state index contributed by atoms with van der Waals surface area (Å²) in [6, 6.07) is 11.3. The summed E-state index contributed by atoms with van der Waals surface area (Å²) < 4.78 is 32.6. The Morgan fingerprint density at radius 1 is 1.21 bits per heavy atom. The number of anilines is 1. The average molecular weight is 332 g/mol. The maximum absolute atomic E-state index is 13.8. The first kappa shape index (κ1) is 16.7. The molecule has 3 nitrogen and oxygen atoms in total. The number of para-hydroxylation sites is 1. The van der Waals surface area contributed by atoms with Gasteiger partial charge in [-0.25, -0.2) is 13.8 Å². The lowest BCUT2D eigenvalue weighted by Gasteiger charge is -2.33. The molecule has 0 aromatic heterocycles. The summed E-state index contributed by atoms with van der Waals surface area (Å²) in [5.74, 6) is 0.582. The van der Waals surface area contributed by atoms with E-state index >= 15 is 0 Å². The van der Waals surface area contributed by atoms with E-state index in [-0.39, 0.29) is 11.6 Å². The highest BCUT2D eigenvalue weighted by Crippen LogP contribution is 2.27. The zero-order valence-electron chi connectivity index (χ0n) is 13.8. The number of nitrogens with zero attached hydrogens (tertiary/aromatic N) is 1. The van der Waals surface area contributed by atoms with Gasteiger partial charge in [-0.3, -0.25) is 0 Å². The molecule has 1 fully saturated rings. The average Bonchev–Trinajstić information content (AvgIpc) is 2.58. The van der Waals surface area contributed by atoms with Crippen molar-refractivity contribution in [2.45, 2.75) is 19.3 Å². The highest BCUT2D eigenvalue weighted by molar-refractivity contribution is 5.43. The van der Waals surface area contributed by atoms with Crippen LogP contribution in [0.25, 0.3) is 0 Å². The van der Waals surface area contributed by atoms with Crippen LogP contribution in [0.3, 0.4) is 0 Å². The van der Waals surface area contributed by atoms with Crippen LogP contribution >= 0.6 is 0 Å². The lowest BCUT2D eigenvalue weighted by molar-refractivity contribution is 0.205. The van der Waals surface area contributed by atoms with Crippen LogP contribution in [0.15, 0.2) is 42.5 Å². The number of piperidine rings is 1. The van der Waals surface area contributed by atoms with E-state index in [1.807, 2.05) is 11.1 Å². The van der Waals surface area contributed by atoms with E-state index in [0.29, 0.717) is 11.6 Å². The summed E-state index contributed by atoms with van der Waals surface area (Å²) >= 11 is 0. The fourth-order valence-corrected chi connectivity index (χ4v) is 3.27. The summed E-state index contributed by atoms with van der Waals surface area (Å²) in [6.07, 6.45) is 2.83. The Morgan fingerprint density at radius 2 is 2.04 bits per heavy atom. The maximum Gasteiger partial charge on any atom is 0.147 e. The van der Waals surface area contributed by atoms with E-state index in [2.05, 4.69) is 5.43 Å². The molecule has 2 aromatic rings. The molecule has 0 radical (unpaired) electrons. The molecule has 1 unspecified atom stereocenters. The Labute approximate surface area is 141 Å². The second kappa shape index (κ2) is 7.62. The largest absolute Gasteiger partial charge is 0.496 e. The van der Waals surface area contributed by atoms with Crippen molar-refractivity contribution in [1.82, 2.24) is 5.01 Å². The third-order valence-corrected chi connectivity index (χ3v) is 4.42. The monoisotopic (exact) mass is 332 g/mol. The molecule has 1 atom stereocenters. The number of hydrogen-bond acceptors (Lipinski definition) is 3. The molecule has 0 amide bonds. The molecule has 0 spiro atoms. The first-order valence-electron chi connectivity index (χ1n) is 8.24. The number of ether oxygens (including phenoxy) is 1. The fourth-order valence-electron chi connectivity index (χ4n) is 3.27. The molecule has 1 aliphatic rings. The molecule has 0 bridgehead atoms. The SMILES string of the molecule is COc1ccc(F)cc1CC1CCCN(Nc2ccccc2F)C1. The van der Waals surface area contributed by atoms with Gasteiger partial charge in [0.05, 0.1) is 12.8 Å². The molecule has 2 aromatic carbocycles. The molecule has 24 heavy (non-hydrogen) atoms. The van der Waals surface area contributed by atoms with Crippen molar-refractivity contribution in [3.63, 3.8) is 0 Å². The van der Waals surface area contributed by atoms with Gasteiger partial charge < -0.3 is 10.2 Å². The normalized spacial score (nSPS) is 18.4. The van der Waals surface area contributed by atoms with Crippen LogP contribution in [0.4, 0.5) is 14.5 Å². The second-order valence-corrected chi connectivity index (χ2v) is 6.21. The van der Waals surface area contributed by atoms with Crippen LogP contribution in [0.2, 0.25) is 0 Å². The first-order chi connectivity index (χ1) is 11.7. The van der Waals surface area contributed by atoms with Crippen LogP contribution in [0.1, 0.15) is 18.4 Å². The third kappa shape index (κ3) is 4.03. The number of nitrogens with one attached hydrogen (secondary N) is 1. The van der Waals surface area contributed by atoms with Gasteiger partial charge >= 0.3 is 0 Å². The van der Waals surface area contributed by atoms with E-state index < -0.39 is 0 Å². The Kier molecular flexibility index (Phi) is 5.30. The summed E-state index contributed by atoms with van der Waals surface area (Å²) in [7, 11) is 1.60. The lowest BCUT2D eigenvalue weighted by atomic mass is 9.91. The van der Waals surface area contributed by atoms with Gasteiger partial charge in [-0.1, -0.05) is 12.1 Å². The number of hydrogen-bond donors (Lipinski definition) is 1. The fraction of sp³-hybridized carbons (Fsp3) is 0.368. The predicted octanol–water partition coefficient (Wildman–Crippen LogP) is 4.26. The third-order valence-electron chi connectivity index (χ3n) is 4.42. The van der Waals surface area contributed by atoms with Crippen molar-refractivity contribution in [1.29, 1.82) is 0 Å². The number of hydrazine groups is 1. The second-order valence-electron chi connectivity index (χ2n) is 6.21. The smallest absolute Gasteiger partial charge is 0.147 e. The van der Waals surface area contributed by atoms with Crippen LogP contribution < -0.4 is 10.2 Å². The van der Waals surface area contributed by atoms with Crippen LogP contribution in [-0.2, 0) is 6.42 Å². The number of halogens is 2. The molecule has 1 aliphatic heterocycles. The van der Waals surface area contributed by atoms with Crippen molar-refractivity contribution in [3.05, 3.63) is 59.7 Å². The van der Waals surface area contributed by atoms with Gasteiger partial charge in [0.1, 0.15) is 17.4 Å². The molecule has 128 valence electrons. The van der Waals surface area contributed by atoms with E-state index in [4.69, 9.17) is 4.74 Å². The van der Waals surface area contributed by atoms with Gasteiger partial charge in [-0.15, -0.1) is 0 Å². The minimum atomic E-state index is -0.258. The minimum absolute atomic E-state index is 0.247. The van der Waals surface area contributed by atoms with Crippen LogP contribution in [0.5, 0.6) is 5.75 Å². The molecular formula is C19H22F2N2O. The van der Waals surface area contributed by atoms with E-state index in [1.54, 1.807) is 31.4 Å². The standard InChI is InChI=1S/C19H22F2N2O/c1-24-19-9-8-16(20)12-15(19)11-14-5-4-10-23(13-14)22-18-7-3-2-6-17(18)21/h2-3,6-9,12,14,22H,4-5,10-11,13H2,1H3. The Morgan fingerprint density at radius 3 is 2.83 bits per heavy atom. The zero-order chi connectivity index (χ0) is 16.9. The summed E-state index contributed by atoms with van der Waals surface area (Å²) in [5.41, 5.74) is 4.53. The van der Waals surface area contributed by atoms with Gasteiger partial charge in [-0.05, 0) is 61.1 Å². The van der Waals surface area contributed by atoms with E-state index in [1.165, 1.54) is 12.1 Å². The molecule has 0 aliphatic carbocycles. The topological polar surface area (TPSA) is 24.5 Å². The van der Waals surface area contributed by atoms with Gasteiger partial charge in [-0.2, -0.15) is 0 Å². The quantitative estimate of drug-likeness (QED) is 0.886. The highest BCUT2D eigenvalue weighted by atomic mass is 19.1. The molecule has 1 saturated heterocycles. The molecule has 5 heteroatoms. The van der Waals surface area contributed by atoms with Crippen molar-refractivity contribution in [2.75, 3.05) is 25.6 Å². The predicted molar refractivity (Wildman–Crippen MR) is 91.0 cm³/mol. The Bertz CT molecular complexity index is 693. The summed E-state index contributed by atoms with van der Waals surface area (Å²) in [4.78, 5) is 0. The number of rotatable bonds is 5. The van der Waals surface area contributed by atoms with Crippen molar-refractivity contribution in [3.8, 4) is 5.75 Å². The molecular weight excluding hydrogens is 310 g/mol. The van der Waals surface area contributed by atoms with E-state index in [9.17, 15) is 8.78 Å². The number of benzene rings is 2. The van der Waals surface area contributed by atoms with Gasteiger partial charge in [0.15, 0.2) is 0 Å². The molecule has 1 heterocycles. The van der Waals surface area contributed by atoms with Crippen molar-refractivity contribution < 1.29 is 13.5 Å². The zero-order valence-corrected chi connectivity index (χ0v) is 13.8. The minimum Gasteiger partial charge on any atom is -0.496 e. The van der Waals surface area contributed by atoms with Crippen molar-refractivity contribution >= 4 is 5.69 Å². The molecule has 3 rings (SSSR count). The molecule has 0 saturated carbocycles. The van der Waals surface area contributed by atoms with Crippen molar-refractivity contribution in [2.24, 2.45) is 5.92 Å². The highest BCUT2D eigenvalue weighted by Gasteiger charge is 2.22. The van der Waals surface area contributed by atoms with Crippen LogP contribution in [0, 0.1) is 17.6 Å². The lowest BCUT2D eigenvalue weighted by Crippen LogP contribution is -2.40. The first-order valence-corrected chi connectivity index (χ1v) is 8.24. The van der Waals surface area contributed by atoms with Gasteiger partial charge in [0, 0.05) is 13.1 Å². The van der Waals surface area contributed by atoms with Crippen LogP contribution in [-0.4, -0.2) is 25.2 Å². The Balaban J connectivity index is 1.66. The van der Waals surface area contributed by atoms with Gasteiger partial charge in [0.25, 0.3) is 0 Å². The summed E-state index contributed by atoms with van der Waals surface area (Å²) in [6.45, 7) is 1.65. The van der Waals surface area contributed by atoms with E-state index in [0.717, 1.165) is 43.7 Å².